The van der Waals surface area contributed by atoms with Crippen molar-refractivity contribution in [2.24, 2.45) is 0 Å². The predicted octanol–water partition coefficient (Wildman–Crippen LogP) is 2.68. The van der Waals surface area contributed by atoms with Gasteiger partial charge in [0.2, 0.25) is 0 Å². The third-order valence-corrected chi connectivity index (χ3v) is 2.92. The van der Waals surface area contributed by atoms with Crippen LogP contribution in [-0.4, -0.2) is 19.1 Å². The molecule has 0 aliphatic heterocycles. The lowest BCUT2D eigenvalue weighted by Crippen LogP contribution is -2.33. The number of methoxy groups -OCH3 is 1. The molecule has 0 amide bonds. The Morgan fingerprint density at radius 2 is 2.00 bits per heavy atom. The summed E-state index contributed by atoms with van der Waals surface area (Å²) in [6.07, 6.45) is 1.33. The summed E-state index contributed by atoms with van der Waals surface area (Å²) in [6.45, 7) is 4.17. The number of carbonyl (C=O) groups is 1. The number of hydrogen-bond acceptors (Lipinski definition) is 3. The first-order valence-electron chi connectivity index (χ1n) is 6.05. The molecule has 0 spiro atoms. The Kier molecular flexibility index (Phi) is 5.70. The SMILES string of the molecule is CC[C@@H](CC(=O)OC)NC(C)c1ccccc1. The number of rotatable bonds is 6. The molecular formula is C14H21NO2. The second kappa shape index (κ2) is 7.07. The van der Waals surface area contributed by atoms with Gasteiger partial charge in [0, 0.05) is 12.1 Å². The van der Waals surface area contributed by atoms with Crippen molar-refractivity contribution in [1.29, 1.82) is 0 Å². The summed E-state index contributed by atoms with van der Waals surface area (Å²) in [4.78, 5) is 11.2. The fourth-order valence-electron chi connectivity index (χ4n) is 1.80. The van der Waals surface area contributed by atoms with Crippen LogP contribution in [0.3, 0.4) is 0 Å². The molecule has 0 aliphatic carbocycles. The number of carbonyl (C=O) groups excluding carboxylic acids is 1. The van der Waals surface area contributed by atoms with Crippen molar-refractivity contribution in [3.8, 4) is 0 Å². The molecule has 3 nitrogen and oxygen atoms in total. The fourth-order valence-corrected chi connectivity index (χ4v) is 1.80. The zero-order valence-corrected chi connectivity index (χ0v) is 10.8. The van der Waals surface area contributed by atoms with Gasteiger partial charge in [-0.2, -0.15) is 0 Å². The van der Waals surface area contributed by atoms with Gasteiger partial charge in [-0.25, -0.2) is 0 Å². The lowest BCUT2D eigenvalue weighted by Gasteiger charge is -2.21. The van der Waals surface area contributed by atoms with Crippen molar-refractivity contribution in [1.82, 2.24) is 5.32 Å². The monoisotopic (exact) mass is 235 g/mol. The summed E-state index contributed by atoms with van der Waals surface area (Å²) < 4.78 is 4.69. The molecular weight excluding hydrogens is 214 g/mol. The van der Waals surface area contributed by atoms with Crippen molar-refractivity contribution in [2.45, 2.75) is 38.8 Å². The Balaban J connectivity index is 2.53. The van der Waals surface area contributed by atoms with E-state index in [-0.39, 0.29) is 18.1 Å². The highest BCUT2D eigenvalue weighted by atomic mass is 16.5. The summed E-state index contributed by atoms with van der Waals surface area (Å²) in [5.41, 5.74) is 1.23. The highest BCUT2D eigenvalue weighted by molar-refractivity contribution is 5.69. The van der Waals surface area contributed by atoms with Crippen LogP contribution in [0.2, 0.25) is 0 Å². The van der Waals surface area contributed by atoms with Crippen LogP contribution in [0.4, 0.5) is 0 Å². The molecule has 1 aromatic rings. The number of hydrogen-bond donors (Lipinski definition) is 1. The van der Waals surface area contributed by atoms with Gasteiger partial charge in [-0.3, -0.25) is 4.79 Å². The van der Waals surface area contributed by atoms with E-state index in [2.05, 4.69) is 31.3 Å². The van der Waals surface area contributed by atoms with Crippen LogP contribution in [0.5, 0.6) is 0 Å². The number of ether oxygens (including phenoxy) is 1. The number of esters is 1. The molecule has 1 N–H and O–H groups in total. The Morgan fingerprint density at radius 1 is 1.35 bits per heavy atom. The molecule has 17 heavy (non-hydrogen) atoms. The lowest BCUT2D eigenvalue weighted by atomic mass is 10.1. The average Bonchev–Trinajstić information content (AvgIpc) is 2.38. The van der Waals surface area contributed by atoms with E-state index in [1.807, 2.05) is 18.2 Å². The normalized spacial score (nSPS) is 14.1. The second-order valence-electron chi connectivity index (χ2n) is 4.18. The molecule has 1 unspecified atom stereocenters. The van der Waals surface area contributed by atoms with Crippen LogP contribution in [0, 0.1) is 0 Å². The van der Waals surface area contributed by atoms with Crippen LogP contribution >= 0.6 is 0 Å². The smallest absolute Gasteiger partial charge is 0.307 e. The van der Waals surface area contributed by atoms with Crippen LogP contribution in [0.25, 0.3) is 0 Å². The Morgan fingerprint density at radius 3 is 2.53 bits per heavy atom. The molecule has 3 heteroatoms. The predicted molar refractivity (Wildman–Crippen MR) is 68.7 cm³/mol. The standard InChI is InChI=1S/C14H21NO2/c1-4-13(10-14(16)17-3)15-11(2)12-8-6-5-7-9-12/h5-9,11,13,15H,4,10H2,1-3H3/t11?,13-/m0/s1. The van der Waals surface area contributed by atoms with Crippen molar-refractivity contribution in [3.05, 3.63) is 35.9 Å². The topological polar surface area (TPSA) is 38.3 Å². The van der Waals surface area contributed by atoms with Crippen molar-refractivity contribution in [3.63, 3.8) is 0 Å². The van der Waals surface area contributed by atoms with Gasteiger partial charge in [-0.05, 0) is 18.9 Å². The fraction of sp³-hybridized carbons (Fsp3) is 0.500. The van der Waals surface area contributed by atoms with Crippen molar-refractivity contribution < 1.29 is 9.53 Å². The maximum absolute atomic E-state index is 11.2. The summed E-state index contributed by atoms with van der Waals surface area (Å²) in [5.74, 6) is -0.162. The zero-order valence-electron chi connectivity index (χ0n) is 10.8. The Bertz CT molecular complexity index is 337. The minimum Gasteiger partial charge on any atom is -0.469 e. The van der Waals surface area contributed by atoms with E-state index in [1.165, 1.54) is 12.7 Å². The molecule has 0 saturated carbocycles. The first-order chi connectivity index (χ1) is 8.17. The zero-order chi connectivity index (χ0) is 12.7. The van der Waals surface area contributed by atoms with Gasteiger partial charge in [-0.1, -0.05) is 37.3 Å². The van der Waals surface area contributed by atoms with E-state index < -0.39 is 0 Å². The summed E-state index contributed by atoms with van der Waals surface area (Å²) in [6, 6.07) is 10.6. The summed E-state index contributed by atoms with van der Waals surface area (Å²) in [7, 11) is 1.43. The third kappa shape index (κ3) is 4.57. The van der Waals surface area contributed by atoms with Gasteiger partial charge in [0.05, 0.1) is 13.5 Å². The molecule has 0 aliphatic rings. The van der Waals surface area contributed by atoms with E-state index in [9.17, 15) is 4.79 Å². The minimum absolute atomic E-state index is 0.162. The maximum Gasteiger partial charge on any atom is 0.307 e. The number of benzene rings is 1. The molecule has 0 saturated heterocycles. The highest BCUT2D eigenvalue weighted by Gasteiger charge is 2.15. The van der Waals surface area contributed by atoms with Crippen LogP contribution in [0.1, 0.15) is 38.3 Å². The van der Waals surface area contributed by atoms with E-state index in [1.54, 1.807) is 0 Å². The lowest BCUT2D eigenvalue weighted by molar-refractivity contribution is -0.141. The van der Waals surface area contributed by atoms with Gasteiger partial charge in [0.25, 0.3) is 0 Å². The van der Waals surface area contributed by atoms with E-state index >= 15 is 0 Å². The average molecular weight is 235 g/mol. The molecule has 94 valence electrons. The largest absolute Gasteiger partial charge is 0.469 e. The molecule has 1 aromatic carbocycles. The van der Waals surface area contributed by atoms with Gasteiger partial charge >= 0.3 is 5.97 Å². The number of nitrogens with one attached hydrogen (secondary N) is 1. The Labute approximate surface area is 103 Å². The first kappa shape index (κ1) is 13.7. The molecule has 0 aromatic heterocycles. The summed E-state index contributed by atoms with van der Waals surface area (Å²) in [5, 5.41) is 3.45. The molecule has 0 radical (unpaired) electrons. The van der Waals surface area contributed by atoms with Gasteiger partial charge in [-0.15, -0.1) is 0 Å². The van der Waals surface area contributed by atoms with E-state index in [0.29, 0.717) is 6.42 Å². The molecule has 0 heterocycles. The minimum atomic E-state index is -0.162. The van der Waals surface area contributed by atoms with Gasteiger partial charge < -0.3 is 10.1 Å². The Hall–Kier alpha value is -1.35. The van der Waals surface area contributed by atoms with Gasteiger partial charge in [0.1, 0.15) is 0 Å². The highest BCUT2D eigenvalue weighted by Crippen LogP contribution is 2.14. The maximum atomic E-state index is 11.2. The molecule has 2 atom stereocenters. The summed E-state index contributed by atoms with van der Waals surface area (Å²) >= 11 is 0. The van der Waals surface area contributed by atoms with Crippen molar-refractivity contribution >= 4 is 5.97 Å². The van der Waals surface area contributed by atoms with Crippen molar-refractivity contribution in [2.75, 3.05) is 7.11 Å². The molecule has 0 bridgehead atoms. The van der Waals surface area contributed by atoms with Crippen LogP contribution < -0.4 is 5.32 Å². The van der Waals surface area contributed by atoms with Crippen LogP contribution in [-0.2, 0) is 9.53 Å². The molecule has 0 fully saturated rings. The second-order valence-corrected chi connectivity index (χ2v) is 4.18. The van der Waals surface area contributed by atoms with Crippen LogP contribution in [0.15, 0.2) is 30.3 Å². The van der Waals surface area contributed by atoms with E-state index in [4.69, 9.17) is 4.74 Å². The quantitative estimate of drug-likeness (QED) is 0.770. The van der Waals surface area contributed by atoms with Gasteiger partial charge in [0.15, 0.2) is 0 Å². The first-order valence-corrected chi connectivity index (χ1v) is 6.05. The van der Waals surface area contributed by atoms with E-state index in [0.717, 1.165) is 6.42 Å². The third-order valence-electron chi connectivity index (χ3n) is 2.92. The molecule has 1 rings (SSSR count).